The molecule has 0 saturated heterocycles. The highest BCUT2D eigenvalue weighted by Gasteiger charge is 1.97. The molecular weight excluding hydrogens is 532 g/mol. The summed E-state index contributed by atoms with van der Waals surface area (Å²) in [5.74, 6) is -1.33. The van der Waals surface area contributed by atoms with Crippen molar-refractivity contribution < 1.29 is 19.8 Å². The second kappa shape index (κ2) is 44.9. The Bertz CT molecular complexity index is 532. The molecule has 0 heterocycles. The van der Waals surface area contributed by atoms with E-state index in [4.69, 9.17) is 10.2 Å². The van der Waals surface area contributed by atoms with E-state index in [0.29, 0.717) is 12.8 Å². The molecule has 0 aliphatic carbocycles. The van der Waals surface area contributed by atoms with Gasteiger partial charge in [-0.2, -0.15) is 0 Å². The van der Waals surface area contributed by atoms with Crippen LogP contribution in [0.25, 0.3) is 0 Å². The van der Waals surface area contributed by atoms with Crippen LogP contribution >= 0.6 is 0 Å². The van der Waals surface area contributed by atoms with Crippen LogP contribution in [0.5, 0.6) is 0 Å². The van der Waals surface area contributed by atoms with Gasteiger partial charge in [-0.05, 0) is 64.2 Å². The van der Waals surface area contributed by atoms with Crippen molar-refractivity contribution in [1.29, 1.82) is 0 Å². The number of hydrogen-bond donors (Lipinski definition) is 2. The highest BCUT2D eigenvalue weighted by molar-refractivity contribution is 5.66. The van der Waals surface area contributed by atoms with E-state index in [1.807, 2.05) is 0 Å². The van der Waals surface area contributed by atoms with Crippen LogP contribution in [0.15, 0.2) is 24.3 Å². The van der Waals surface area contributed by atoms with Gasteiger partial charge in [0.1, 0.15) is 0 Å². The summed E-state index contributed by atoms with van der Waals surface area (Å²) in [4.78, 5) is 20.6. The van der Waals surface area contributed by atoms with Crippen molar-refractivity contribution in [3.05, 3.63) is 24.3 Å². The molecule has 0 aromatic carbocycles. The third-order valence-corrected chi connectivity index (χ3v) is 7.30. The molecule has 0 saturated carbocycles. The first kappa shape index (κ1) is 45.8. The van der Waals surface area contributed by atoms with Crippen molar-refractivity contribution in [2.24, 2.45) is 0 Å². The quantitative estimate of drug-likeness (QED) is 0.0628. The smallest absolute Gasteiger partial charge is 0.303 e. The van der Waals surface area contributed by atoms with Gasteiger partial charge >= 0.3 is 11.9 Å². The minimum atomic E-state index is -0.664. The maximum atomic E-state index is 10.3. The number of carbonyl (C=O) groups is 2. The Kier molecular flexibility index (Phi) is 47.8. The van der Waals surface area contributed by atoms with E-state index in [1.165, 1.54) is 148 Å². The number of allylic oxidation sites excluding steroid dienone is 4. The van der Waals surface area contributed by atoms with Gasteiger partial charge in [0, 0.05) is 12.8 Å². The van der Waals surface area contributed by atoms with Gasteiger partial charge in [0.05, 0.1) is 0 Å². The molecule has 256 valence electrons. The van der Waals surface area contributed by atoms with Crippen molar-refractivity contribution in [1.82, 2.24) is 0 Å². The van der Waals surface area contributed by atoms with E-state index in [9.17, 15) is 9.59 Å². The van der Waals surface area contributed by atoms with Gasteiger partial charge in [0.2, 0.25) is 0 Å². The first-order chi connectivity index (χ1) is 21.0. The Morgan fingerprint density at radius 1 is 0.372 bits per heavy atom. The second-order valence-corrected chi connectivity index (χ2v) is 12.2. The summed E-state index contributed by atoms with van der Waals surface area (Å²) in [6.45, 7) is 8.77. The Morgan fingerprint density at radius 3 is 0.814 bits per heavy atom. The second-order valence-electron chi connectivity index (χ2n) is 12.2. The minimum absolute atomic E-state index is 0.332. The molecule has 4 heteroatoms. The number of unbranched alkanes of at least 4 members (excludes halogenated alkanes) is 22. The zero-order valence-corrected chi connectivity index (χ0v) is 29.5. The fraction of sp³-hybridized carbons (Fsp3) is 0.846. The number of carboxylic acid groups (broad SMARTS) is 2. The number of rotatable bonds is 30. The van der Waals surface area contributed by atoms with Gasteiger partial charge in [0.25, 0.3) is 0 Å². The molecule has 0 rings (SSSR count). The molecule has 0 amide bonds. The number of aliphatic carboxylic acids is 2. The topological polar surface area (TPSA) is 74.6 Å². The maximum Gasteiger partial charge on any atom is 0.303 e. The van der Waals surface area contributed by atoms with Crippen LogP contribution in [0.1, 0.15) is 214 Å². The Labute approximate surface area is 269 Å². The van der Waals surface area contributed by atoms with Crippen LogP contribution in [0.2, 0.25) is 0 Å². The van der Waals surface area contributed by atoms with Crippen LogP contribution in [0.4, 0.5) is 0 Å². The van der Waals surface area contributed by atoms with E-state index in [2.05, 4.69) is 52.0 Å². The molecule has 0 bridgehead atoms. The summed E-state index contributed by atoms with van der Waals surface area (Å²) in [5, 5.41) is 17.0. The molecule has 43 heavy (non-hydrogen) atoms. The van der Waals surface area contributed by atoms with Gasteiger partial charge < -0.3 is 10.2 Å². The third kappa shape index (κ3) is 56.8. The standard InChI is InChI=1S/2C18H34O2.C3H8/c2*1-2-3-4-5-6-7-8-9-10-11-12-13-14-15-16-17-18(19)20;1-3-2/h2*9-10H,2-8,11-17H2,1H3,(H,19,20);3H2,1-2H3. The van der Waals surface area contributed by atoms with Crippen molar-refractivity contribution in [2.45, 2.75) is 214 Å². The molecule has 0 unspecified atom stereocenters. The third-order valence-electron chi connectivity index (χ3n) is 7.30. The largest absolute Gasteiger partial charge is 0.481 e. The minimum Gasteiger partial charge on any atom is -0.481 e. The van der Waals surface area contributed by atoms with Crippen molar-refractivity contribution in [3.63, 3.8) is 0 Å². The predicted molar refractivity (Wildman–Crippen MR) is 190 cm³/mol. The Balaban J connectivity index is -0.000000681. The van der Waals surface area contributed by atoms with Crippen molar-refractivity contribution in [3.8, 4) is 0 Å². The van der Waals surface area contributed by atoms with E-state index >= 15 is 0 Å². The van der Waals surface area contributed by atoms with Crippen molar-refractivity contribution >= 4 is 11.9 Å². The lowest BCUT2D eigenvalue weighted by molar-refractivity contribution is -0.138. The van der Waals surface area contributed by atoms with E-state index in [0.717, 1.165) is 25.7 Å². The summed E-state index contributed by atoms with van der Waals surface area (Å²) in [7, 11) is 0. The highest BCUT2D eigenvalue weighted by atomic mass is 16.4. The van der Waals surface area contributed by atoms with Crippen LogP contribution in [-0.2, 0) is 9.59 Å². The van der Waals surface area contributed by atoms with Gasteiger partial charge in [-0.3, -0.25) is 9.59 Å². The summed E-state index contributed by atoms with van der Waals surface area (Å²) in [6, 6.07) is 0. The highest BCUT2D eigenvalue weighted by Crippen LogP contribution is 2.11. The fourth-order valence-corrected chi connectivity index (χ4v) is 4.69. The molecule has 0 aromatic heterocycles. The number of carboxylic acids is 2. The van der Waals surface area contributed by atoms with Crippen LogP contribution in [-0.4, -0.2) is 22.2 Å². The molecule has 0 aliphatic heterocycles. The molecular formula is C39H76O4. The molecule has 0 atom stereocenters. The summed E-state index contributed by atoms with van der Waals surface area (Å²) < 4.78 is 0. The molecule has 2 N–H and O–H groups in total. The summed E-state index contributed by atoms with van der Waals surface area (Å²) in [5.41, 5.74) is 0. The molecule has 4 nitrogen and oxygen atoms in total. The predicted octanol–water partition coefficient (Wildman–Crippen LogP) is 13.6. The normalized spacial score (nSPS) is 10.9. The van der Waals surface area contributed by atoms with Gasteiger partial charge in [0.15, 0.2) is 0 Å². The first-order valence-electron chi connectivity index (χ1n) is 18.7. The summed E-state index contributed by atoms with van der Waals surface area (Å²) in [6.07, 6.45) is 43.7. The molecule has 0 spiro atoms. The monoisotopic (exact) mass is 609 g/mol. The Morgan fingerprint density at radius 2 is 0.581 bits per heavy atom. The number of hydrogen-bond acceptors (Lipinski definition) is 2. The van der Waals surface area contributed by atoms with Gasteiger partial charge in [-0.1, -0.05) is 161 Å². The molecule has 0 fully saturated rings. The van der Waals surface area contributed by atoms with E-state index in [-0.39, 0.29) is 0 Å². The molecule has 0 radical (unpaired) electrons. The summed E-state index contributed by atoms with van der Waals surface area (Å²) >= 11 is 0. The zero-order chi connectivity index (χ0) is 32.5. The zero-order valence-electron chi connectivity index (χ0n) is 29.5. The molecule has 0 aromatic rings. The lowest BCUT2D eigenvalue weighted by Crippen LogP contribution is -1.93. The fourth-order valence-electron chi connectivity index (χ4n) is 4.69. The average molecular weight is 609 g/mol. The van der Waals surface area contributed by atoms with Crippen LogP contribution < -0.4 is 0 Å². The average Bonchev–Trinajstić information content (AvgIpc) is 2.97. The SMILES string of the molecule is CCC.CCCCCCCCC=CCCCCCCCC(=O)O.CCCCCCCCC=CCCCCCCCC(=O)O. The van der Waals surface area contributed by atoms with Crippen LogP contribution in [0, 0.1) is 0 Å². The Hall–Kier alpha value is -1.58. The van der Waals surface area contributed by atoms with Crippen molar-refractivity contribution in [2.75, 3.05) is 0 Å². The lowest BCUT2D eigenvalue weighted by atomic mass is 10.1. The molecule has 0 aliphatic rings. The van der Waals surface area contributed by atoms with Crippen LogP contribution in [0.3, 0.4) is 0 Å². The van der Waals surface area contributed by atoms with Gasteiger partial charge in [-0.25, -0.2) is 0 Å². The lowest BCUT2D eigenvalue weighted by Gasteiger charge is -1.99. The maximum absolute atomic E-state index is 10.3. The first-order valence-corrected chi connectivity index (χ1v) is 18.7. The van der Waals surface area contributed by atoms with E-state index in [1.54, 1.807) is 0 Å². The van der Waals surface area contributed by atoms with Gasteiger partial charge in [-0.15, -0.1) is 0 Å². The van der Waals surface area contributed by atoms with E-state index < -0.39 is 11.9 Å².